The molecule has 2 aromatic carbocycles. The molecule has 41 heavy (non-hydrogen) atoms. The van der Waals surface area contributed by atoms with Crippen LogP contribution in [0.3, 0.4) is 0 Å². The number of ether oxygens (including phenoxy) is 2. The molecule has 6 rings (SSSR count). The number of carboxylic acids is 1. The summed E-state index contributed by atoms with van der Waals surface area (Å²) in [6.07, 6.45) is 3.00. The van der Waals surface area contributed by atoms with Gasteiger partial charge in [-0.1, -0.05) is 28.1 Å². The van der Waals surface area contributed by atoms with Gasteiger partial charge in [-0.25, -0.2) is 19.2 Å². The number of carboxylic acid groups (broad SMARTS) is 1. The monoisotopic (exact) mass is 622 g/mol. The Morgan fingerprint density at radius 2 is 1.95 bits per heavy atom. The van der Waals surface area contributed by atoms with E-state index in [-0.39, 0.29) is 30.1 Å². The van der Waals surface area contributed by atoms with Crippen LogP contribution in [0.15, 0.2) is 59.1 Å². The fourth-order valence-corrected chi connectivity index (χ4v) is 6.03. The second kappa shape index (κ2) is 11.9. The third-order valence-electron chi connectivity index (χ3n) is 8.21. The minimum absolute atomic E-state index is 0.0557. The number of likely N-dealkylation sites (tertiary alicyclic amines) is 1. The summed E-state index contributed by atoms with van der Waals surface area (Å²) in [6, 6.07) is 15.9. The number of imidazole rings is 1. The smallest absolute Gasteiger partial charge is 0.335 e. The van der Waals surface area contributed by atoms with Crippen molar-refractivity contribution in [2.24, 2.45) is 0 Å². The molecule has 8 nitrogen and oxygen atoms in total. The summed E-state index contributed by atoms with van der Waals surface area (Å²) in [4.78, 5) is 23.8. The van der Waals surface area contributed by atoms with Crippen molar-refractivity contribution in [3.63, 3.8) is 0 Å². The lowest BCUT2D eigenvalue weighted by Crippen LogP contribution is -2.37. The Kier molecular flexibility index (Phi) is 8.05. The molecule has 0 bridgehead atoms. The highest BCUT2D eigenvalue weighted by Gasteiger charge is 2.30. The third kappa shape index (κ3) is 6.00. The molecule has 0 saturated carbocycles. The van der Waals surface area contributed by atoms with Crippen LogP contribution >= 0.6 is 15.9 Å². The number of fused-ring (bicyclic) bond motifs is 1. The zero-order valence-corrected chi connectivity index (χ0v) is 24.4. The van der Waals surface area contributed by atoms with Crippen LogP contribution in [-0.2, 0) is 17.9 Å². The molecule has 4 aromatic rings. The lowest BCUT2D eigenvalue weighted by Gasteiger charge is -2.36. The summed E-state index contributed by atoms with van der Waals surface area (Å²) >= 11 is 3.28. The number of piperidine rings is 1. The van der Waals surface area contributed by atoms with Gasteiger partial charge in [-0.3, -0.25) is 4.90 Å². The number of rotatable bonds is 9. The predicted octanol–water partition coefficient (Wildman–Crippen LogP) is 6.34. The first kappa shape index (κ1) is 27.8. The molecule has 214 valence electrons. The summed E-state index contributed by atoms with van der Waals surface area (Å²) in [5.74, 6) is 0.470. The quantitative estimate of drug-likeness (QED) is 0.233. The SMILES string of the molecule is C[C@@H](c1nc2ccc(C(=O)O)cc2n1C[C@@H]1CCO1)N1CCC(c2cccc(OCc3ccc(Br)cc3F)n2)CC1. The second-order valence-electron chi connectivity index (χ2n) is 10.8. The Morgan fingerprint density at radius 3 is 2.66 bits per heavy atom. The molecule has 0 aliphatic carbocycles. The van der Waals surface area contributed by atoms with E-state index < -0.39 is 5.97 Å². The lowest BCUT2D eigenvalue weighted by molar-refractivity contribution is -0.0594. The average Bonchev–Trinajstić information content (AvgIpc) is 3.32. The molecule has 1 N–H and O–H groups in total. The number of hydrogen-bond acceptors (Lipinski definition) is 6. The topological polar surface area (TPSA) is 89.7 Å². The maximum Gasteiger partial charge on any atom is 0.335 e. The summed E-state index contributed by atoms with van der Waals surface area (Å²) in [6.45, 7) is 5.48. The van der Waals surface area contributed by atoms with Gasteiger partial charge in [0.05, 0.1) is 35.3 Å². The highest BCUT2D eigenvalue weighted by molar-refractivity contribution is 9.10. The van der Waals surface area contributed by atoms with Gasteiger partial charge in [0.2, 0.25) is 5.88 Å². The maximum atomic E-state index is 14.2. The van der Waals surface area contributed by atoms with Crippen molar-refractivity contribution in [3.8, 4) is 5.88 Å². The maximum absolute atomic E-state index is 14.2. The summed E-state index contributed by atoms with van der Waals surface area (Å²) in [5.41, 5.74) is 3.36. The van der Waals surface area contributed by atoms with Gasteiger partial charge < -0.3 is 19.1 Å². The predicted molar refractivity (Wildman–Crippen MR) is 156 cm³/mol. The van der Waals surface area contributed by atoms with Gasteiger partial charge >= 0.3 is 5.97 Å². The summed E-state index contributed by atoms with van der Waals surface area (Å²) in [7, 11) is 0. The molecule has 0 radical (unpaired) electrons. The van der Waals surface area contributed by atoms with Crippen LogP contribution in [-0.4, -0.2) is 56.3 Å². The summed E-state index contributed by atoms with van der Waals surface area (Å²) < 4.78 is 28.6. The molecular weight excluding hydrogens is 591 g/mol. The first-order chi connectivity index (χ1) is 19.9. The van der Waals surface area contributed by atoms with Crippen molar-refractivity contribution in [2.45, 2.75) is 57.4 Å². The normalized spacial score (nSPS) is 18.8. The van der Waals surface area contributed by atoms with Gasteiger partial charge in [-0.2, -0.15) is 0 Å². The number of hydrogen-bond donors (Lipinski definition) is 1. The minimum Gasteiger partial charge on any atom is -0.478 e. The van der Waals surface area contributed by atoms with E-state index in [4.69, 9.17) is 19.4 Å². The molecule has 0 amide bonds. The van der Waals surface area contributed by atoms with E-state index in [0.717, 1.165) is 61.5 Å². The zero-order valence-electron chi connectivity index (χ0n) is 22.8. The van der Waals surface area contributed by atoms with Crippen LogP contribution in [0.4, 0.5) is 4.39 Å². The Labute approximate surface area is 246 Å². The van der Waals surface area contributed by atoms with Crippen LogP contribution in [0.2, 0.25) is 0 Å². The zero-order chi connectivity index (χ0) is 28.5. The fraction of sp³-hybridized carbons (Fsp3) is 0.387. The number of benzene rings is 2. The lowest BCUT2D eigenvalue weighted by atomic mass is 9.92. The van der Waals surface area contributed by atoms with Crippen molar-refractivity contribution < 1.29 is 23.8 Å². The first-order valence-corrected chi connectivity index (χ1v) is 14.8. The van der Waals surface area contributed by atoms with Crippen molar-refractivity contribution in [3.05, 3.63) is 87.5 Å². The fourth-order valence-electron chi connectivity index (χ4n) is 5.69. The van der Waals surface area contributed by atoms with Gasteiger partial charge in [-0.15, -0.1) is 0 Å². The molecule has 10 heteroatoms. The minimum atomic E-state index is -0.945. The van der Waals surface area contributed by atoms with Crippen LogP contribution < -0.4 is 4.74 Å². The van der Waals surface area contributed by atoms with E-state index in [1.54, 1.807) is 30.3 Å². The van der Waals surface area contributed by atoms with Gasteiger partial charge in [0, 0.05) is 34.3 Å². The van der Waals surface area contributed by atoms with Crippen molar-refractivity contribution in [2.75, 3.05) is 19.7 Å². The Balaban J connectivity index is 1.14. The van der Waals surface area contributed by atoms with E-state index in [1.165, 1.54) is 6.07 Å². The van der Waals surface area contributed by atoms with Crippen LogP contribution in [0.5, 0.6) is 5.88 Å². The molecule has 0 spiro atoms. The number of aromatic nitrogens is 3. The molecule has 2 aromatic heterocycles. The van der Waals surface area contributed by atoms with E-state index >= 15 is 0 Å². The van der Waals surface area contributed by atoms with Crippen LogP contribution in [0.25, 0.3) is 11.0 Å². The van der Waals surface area contributed by atoms with E-state index in [1.807, 2.05) is 18.2 Å². The largest absolute Gasteiger partial charge is 0.478 e. The Hall–Kier alpha value is -3.34. The van der Waals surface area contributed by atoms with E-state index in [2.05, 4.69) is 32.3 Å². The van der Waals surface area contributed by atoms with Crippen molar-refractivity contribution in [1.29, 1.82) is 0 Å². The number of halogens is 2. The highest BCUT2D eigenvalue weighted by atomic mass is 79.9. The second-order valence-corrected chi connectivity index (χ2v) is 11.7. The summed E-state index contributed by atoms with van der Waals surface area (Å²) in [5, 5.41) is 9.54. The van der Waals surface area contributed by atoms with E-state index in [0.29, 0.717) is 28.4 Å². The number of aromatic carboxylic acids is 1. The Morgan fingerprint density at radius 1 is 1.15 bits per heavy atom. The van der Waals surface area contributed by atoms with Gasteiger partial charge in [-0.05, 0) is 75.7 Å². The van der Waals surface area contributed by atoms with Crippen molar-refractivity contribution in [1.82, 2.24) is 19.4 Å². The highest BCUT2D eigenvalue weighted by Crippen LogP contribution is 2.34. The standard InChI is InChI=1S/C31H32BrFN4O4/c1-19(30-35-27-8-6-21(31(38)39)15-28(27)37(30)17-24-11-14-40-24)36-12-9-20(10-13-36)26-3-2-4-29(34-26)41-18-22-5-7-23(32)16-25(22)33/h2-8,15-16,19-20,24H,9-14,17-18H2,1H3,(H,38,39)/t19-,24-/m0/s1. The number of carbonyl (C=O) groups is 1. The number of pyridine rings is 1. The van der Waals surface area contributed by atoms with E-state index in [9.17, 15) is 14.3 Å². The molecule has 2 aliphatic heterocycles. The van der Waals surface area contributed by atoms with Gasteiger partial charge in [0.15, 0.2) is 0 Å². The van der Waals surface area contributed by atoms with Gasteiger partial charge in [0.25, 0.3) is 0 Å². The van der Waals surface area contributed by atoms with Crippen LogP contribution in [0, 0.1) is 5.82 Å². The molecule has 2 saturated heterocycles. The molecular formula is C31H32BrFN4O4. The molecule has 2 fully saturated rings. The average molecular weight is 624 g/mol. The molecule has 2 atom stereocenters. The van der Waals surface area contributed by atoms with Crippen LogP contribution in [0.1, 0.15) is 65.6 Å². The van der Waals surface area contributed by atoms with Crippen molar-refractivity contribution >= 4 is 32.9 Å². The molecule has 0 unspecified atom stereocenters. The molecule has 2 aliphatic rings. The van der Waals surface area contributed by atoms with Gasteiger partial charge in [0.1, 0.15) is 18.2 Å². The first-order valence-electron chi connectivity index (χ1n) is 14.0. The third-order valence-corrected chi connectivity index (χ3v) is 8.70. The molecule has 4 heterocycles. The Bertz CT molecular complexity index is 1570. The number of nitrogens with zero attached hydrogens (tertiary/aromatic N) is 4.